The second-order valence-corrected chi connectivity index (χ2v) is 6.84. The zero-order valence-corrected chi connectivity index (χ0v) is 15.4. The fourth-order valence-corrected chi connectivity index (χ4v) is 3.04. The Kier molecular flexibility index (Phi) is 5.20. The van der Waals surface area contributed by atoms with Crippen LogP contribution in [0, 0.1) is 0 Å². The molecule has 0 aliphatic heterocycles. The highest BCUT2D eigenvalue weighted by molar-refractivity contribution is 9.10. The predicted octanol–water partition coefficient (Wildman–Crippen LogP) is 4.01. The highest BCUT2D eigenvalue weighted by atomic mass is 79.9. The Hall–Kier alpha value is -2.58. The van der Waals surface area contributed by atoms with Gasteiger partial charge < -0.3 is 4.74 Å². The topological polar surface area (TPSA) is 81.2 Å². The third-order valence-electron chi connectivity index (χ3n) is 3.30. The summed E-state index contributed by atoms with van der Waals surface area (Å²) in [4.78, 5) is 23.6. The maximum absolute atomic E-state index is 12.2. The average Bonchev–Trinajstić information content (AvgIpc) is 3.10. The van der Waals surface area contributed by atoms with E-state index in [4.69, 9.17) is 0 Å². The lowest BCUT2D eigenvalue weighted by atomic mass is 10.1. The highest BCUT2D eigenvalue weighted by Crippen LogP contribution is 2.27. The summed E-state index contributed by atoms with van der Waals surface area (Å²) >= 11 is 4.58. The van der Waals surface area contributed by atoms with Crippen LogP contribution in [0.15, 0.2) is 53.0 Å². The molecular formula is C17H12BrN3O3S. The summed E-state index contributed by atoms with van der Waals surface area (Å²) in [5.41, 5.74) is 1.79. The molecule has 8 heteroatoms. The zero-order chi connectivity index (χ0) is 17.8. The number of aromatic nitrogens is 2. The minimum atomic E-state index is -0.397. The first-order chi connectivity index (χ1) is 12.1. The molecule has 1 heterocycles. The molecule has 6 nitrogen and oxygen atoms in total. The minimum absolute atomic E-state index is 0.253. The van der Waals surface area contributed by atoms with E-state index in [1.54, 1.807) is 48.5 Å². The van der Waals surface area contributed by atoms with Gasteiger partial charge in [-0.2, -0.15) is 0 Å². The van der Waals surface area contributed by atoms with Gasteiger partial charge in [-0.1, -0.05) is 39.4 Å². The highest BCUT2D eigenvalue weighted by Gasteiger charge is 2.12. The molecule has 0 aliphatic rings. The summed E-state index contributed by atoms with van der Waals surface area (Å²) in [6.45, 7) is 0. The van der Waals surface area contributed by atoms with E-state index in [-0.39, 0.29) is 5.91 Å². The number of esters is 1. The molecule has 3 rings (SSSR count). The monoisotopic (exact) mass is 417 g/mol. The first-order valence-electron chi connectivity index (χ1n) is 7.16. The summed E-state index contributed by atoms with van der Waals surface area (Å²) in [5, 5.41) is 11.8. The number of nitrogens with zero attached hydrogens (tertiary/aromatic N) is 2. The maximum Gasteiger partial charge on any atom is 0.337 e. The van der Waals surface area contributed by atoms with E-state index in [1.807, 2.05) is 0 Å². The van der Waals surface area contributed by atoms with Gasteiger partial charge in [0.1, 0.15) is 5.01 Å². The number of nitrogens with one attached hydrogen (secondary N) is 1. The van der Waals surface area contributed by atoms with Crippen LogP contribution in [0.4, 0.5) is 5.13 Å². The van der Waals surface area contributed by atoms with Gasteiger partial charge in [0, 0.05) is 15.6 Å². The van der Waals surface area contributed by atoms with Gasteiger partial charge in [0.15, 0.2) is 0 Å². The van der Waals surface area contributed by atoms with E-state index in [0.717, 1.165) is 10.0 Å². The first kappa shape index (κ1) is 17.2. The zero-order valence-electron chi connectivity index (χ0n) is 13.0. The standard InChI is InChI=1S/C17H12BrN3O3S/c1-24-16(23)12-4-2-11(3-5-12)15-20-21-17(25-15)19-14(22)10-6-8-13(18)9-7-10/h2-9H,1H3,(H,19,21,22). The van der Waals surface area contributed by atoms with Crippen molar-refractivity contribution in [2.24, 2.45) is 0 Å². The van der Waals surface area contributed by atoms with Crippen LogP contribution >= 0.6 is 27.3 Å². The molecule has 3 aromatic rings. The largest absolute Gasteiger partial charge is 0.465 e. The van der Waals surface area contributed by atoms with Crippen molar-refractivity contribution >= 4 is 44.3 Å². The lowest BCUT2D eigenvalue weighted by Crippen LogP contribution is -2.11. The number of carbonyl (C=O) groups excluding carboxylic acids is 2. The Labute approximate surface area is 156 Å². The van der Waals surface area contributed by atoms with Crippen molar-refractivity contribution in [2.45, 2.75) is 0 Å². The molecule has 1 amide bonds. The van der Waals surface area contributed by atoms with Crippen LogP contribution < -0.4 is 5.32 Å². The van der Waals surface area contributed by atoms with Crippen LogP contribution in [0.1, 0.15) is 20.7 Å². The Morgan fingerprint density at radius 2 is 1.64 bits per heavy atom. The Morgan fingerprint density at radius 1 is 1.00 bits per heavy atom. The van der Waals surface area contributed by atoms with Crippen LogP contribution in [-0.2, 0) is 4.74 Å². The fourth-order valence-electron chi connectivity index (χ4n) is 2.03. The lowest BCUT2D eigenvalue weighted by molar-refractivity contribution is 0.0600. The van der Waals surface area contributed by atoms with Crippen LogP contribution in [0.5, 0.6) is 0 Å². The SMILES string of the molecule is COC(=O)c1ccc(-c2nnc(NC(=O)c3ccc(Br)cc3)s2)cc1. The number of methoxy groups -OCH3 is 1. The van der Waals surface area contributed by atoms with Gasteiger partial charge in [-0.05, 0) is 36.4 Å². The second-order valence-electron chi connectivity index (χ2n) is 4.94. The minimum Gasteiger partial charge on any atom is -0.465 e. The first-order valence-corrected chi connectivity index (χ1v) is 8.77. The van der Waals surface area contributed by atoms with E-state index >= 15 is 0 Å². The van der Waals surface area contributed by atoms with E-state index in [1.165, 1.54) is 18.4 Å². The molecule has 1 aromatic heterocycles. The second kappa shape index (κ2) is 7.54. The van der Waals surface area contributed by atoms with Gasteiger partial charge in [0.25, 0.3) is 5.91 Å². The molecule has 0 spiro atoms. The molecule has 0 radical (unpaired) electrons. The molecular weight excluding hydrogens is 406 g/mol. The quantitative estimate of drug-likeness (QED) is 0.648. The van der Waals surface area contributed by atoms with Crippen molar-refractivity contribution < 1.29 is 14.3 Å². The molecule has 1 N–H and O–H groups in total. The molecule has 2 aromatic carbocycles. The average molecular weight is 418 g/mol. The van der Waals surface area contributed by atoms with Crippen molar-refractivity contribution in [1.29, 1.82) is 0 Å². The van der Waals surface area contributed by atoms with Crippen molar-refractivity contribution in [3.05, 3.63) is 64.1 Å². The third kappa shape index (κ3) is 4.09. The van der Waals surface area contributed by atoms with E-state index in [9.17, 15) is 9.59 Å². The number of ether oxygens (including phenoxy) is 1. The van der Waals surface area contributed by atoms with Gasteiger partial charge in [-0.25, -0.2) is 4.79 Å². The molecule has 0 saturated heterocycles. The van der Waals surface area contributed by atoms with Crippen LogP contribution in [0.2, 0.25) is 0 Å². The van der Waals surface area contributed by atoms with Crippen molar-refractivity contribution in [1.82, 2.24) is 10.2 Å². The van der Waals surface area contributed by atoms with Crippen molar-refractivity contribution in [3.63, 3.8) is 0 Å². The van der Waals surface area contributed by atoms with E-state index < -0.39 is 5.97 Å². The number of amides is 1. The summed E-state index contributed by atoms with van der Waals surface area (Å²) < 4.78 is 5.56. The van der Waals surface area contributed by atoms with Crippen LogP contribution in [0.25, 0.3) is 10.6 Å². The van der Waals surface area contributed by atoms with Crippen molar-refractivity contribution in [2.75, 3.05) is 12.4 Å². The summed E-state index contributed by atoms with van der Waals surface area (Å²) in [7, 11) is 1.33. The number of hydrogen-bond donors (Lipinski definition) is 1. The van der Waals surface area contributed by atoms with E-state index in [2.05, 4.69) is 36.2 Å². The van der Waals surface area contributed by atoms with E-state index in [0.29, 0.717) is 21.3 Å². The van der Waals surface area contributed by atoms with Gasteiger partial charge in [-0.3, -0.25) is 10.1 Å². The van der Waals surface area contributed by atoms with Crippen molar-refractivity contribution in [3.8, 4) is 10.6 Å². The summed E-state index contributed by atoms with van der Waals surface area (Å²) in [5.74, 6) is -0.650. The number of anilines is 1. The molecule has 25 heavy (non-hydrogen) atoms. The Balaban J connectivity index is 1.72. The third-order valence-corrected chi connectivity index (χ3v) is 4.72. The molecule has 0 unspecified atom stereocenters. The maximum atomic E-state index is 12.2. The van der Waals surface area contributed by atoms with Gasteiger partial charge in [0.05, 0.1) is 12.7 Å². The smallest absolute Gasteiger partial charge is 0.337 e. The van der Waals surface area contributed by atoms with Gasteiger partial charge in [0.2, 0.25) is 5.13 Å². The Morgan fingerprint density at radius 3 is 2.28 bits per heavy atom. The molecule has 0 fully saturated rings. The Bertz CT molecular complexity index is 908. The molecule has 0 atom stereocenters. The molecule has 126 valence electrons. The number of halogens is 1. The normalized spacial score (nSPS) is 10.3. The predicted molar refractivity (Wildman–Crippen MR) is 98.8 cm³/mol. The molecule has 0 saturated carbocycles. The van der Waals surface area contributed by atoms with Gasteiger partial charge in [-0.15, -0.1) is 10.2 Å². The molecule has 0 aliphatic carbocycles. The molecule has 0 bridgehead atoms. The number of hydrogen-bond acceptors (Lipinski definition) is 6. The van der Waals surface area contributed by atoms with Crippen LogP contribution in [0.3, 0.4) is 0 Å². The number of benzene rings is 2. The fraction of sp³-hybridized carbons (Fsp3) is 0.0588. The lowest BCUT2D eigenvalue weighted by Gasteiger charge is -2.01. The number of rotatable bonds is 4. The van der Waals surface area contributed by atoms with Gasteiger partial charge >= 0.3 is 5.97 Å². The number of carbonyl (C=O) groups is 2. The summed E-state index contributed by atoms with van der Waals surface area (Å²) in [6.07, 6.45) is 0. The van der Waals surface area contributed by atoms with Crippen LogP contribution in [-0.4, -0.2) is 29.2 Å². The summed E-state index contributed by atoms with van der Waals surface area (Å²) in [6, 6.07) is 13.8.